The number of guanidine groups is 1. The summed E-state index contributed by atoms with van der Waals surface area (Å²) in [5.41, 5.74) is 6.20. The van der Waals surface area contributed by atoms with E-state index in [1.165, 1.54) is 11.3 Å². The molecule has 1 rings (SSSR count). The van der Waals surface area contributed by atoms with Crippen molar-refractivity contribution >= 4 is 22.4 Å². The van der Waals surface area contributed by atoms with Crippen molar-refractivity contribution < 1.29 is 18.1 Å². The van der Waals surface area contributed by atoms with Crippen molar-refractivity contribution in [2.45, 2.75) is 31.9 Å². The van der Waals surface area contributed by atoms with Gasteiger partial charge in [-0.3, -0.25) is 10.1 Å². The first-order valence-corrected chi connectivity index (χ1v) is 8.92. The average Bonchev–Trinajstić information content (AvgIpc) is 3.01. The van der Waals surface area contributed by atoms with Crippen LogP contribution in [0.15, 0.2) is 22.4 Å². The minimum Gasteiger partial charge on any atom is -0.370 e. The summed E-state index contributed by atoms with van der Waals surface area (Å²) in [6.07, 6.45) is -0.255. The Morgan fingerprint density at radius 3 is 2.81 bits per heavy atom. The summed E-state index contributed by atoms with van der Waals surface area (Å²) < 4.78 is 36.2. The monoisotopic (exact) mass is 409 g/mol. The smallest absolute Gasteiger partial charge is 0.370 e. The van der Waals surface area contributed by atoms with Gasteiger partial charge in [-0.25, -0.2) is 9.98 Å². The highest BCUT2D eigenvalue weighted by Gasteiger charge is 2.26. The van der Waals surface area contributed by atoms with E-state index >= 15 is 0 Å². The van der Waals surface area contributed by atoms with Crippen LogP contribution in [0.25, 0.3) is 0 Å². The van der Waals surface area contributed by atoms with E-state index in [4.69, 9.17) is 5.73 Å². The molecule has 0 aliphatic rings. The van der Waals surface area contributed by atoms with Crippen LogP contribution in [0.1, 0.15) is 25.0 Å². The first kappa shape index (κ1) is 22.5. The molecule has 0 bridgehead atoms. The number of hydrogen-bond donors (Lipinski definition) is 4. The molecule has 0 atom stereocenters. The Labute approximate surface area is 158 Å². The third-order valence-corrected chi connectivity index (χ3v) is 3.95. The van der Waals surface area contributed by atoms with Gasteiger partial charge in [0.1, 0.15) is 6.54 Å². The van der Waals surface area contributed by atoms with Crippen molar-refractivity contribution in [3.05, 3.63) is 33.2 Å². The second kappa shape index (κ2) is 11.2. The molecule has 5 N–H and O–H groups in total. The number of aromatic nitrogens is 1. The number of nitrogens with one attached hydrogen (secondary N) is 3. The van der Waals surface area contributed by atoms with E-state index in [0.29, 0.717) is 23.9 Å². The number of anilines is 1. The fraction of sp³-hybridized carbons (Fsp3) is 0.571. The summed E-state index contributed by atoms with van der Waals surface area (Å²) in [5, 5.41) is 20.7. The fourth-order valence-corrected chi connectivity index (χ4v) is 2.69. The molecule has 0 radical (unpaired) electrons. The van der Waals surface area contributed by atoms with E-state index in [1.54, 1.807) is 12.4 Å². The number of nitrogens with zero attached hydrogens (tertiary/aromatic N) is 3. The summed E-state index contributed by atoms with van der Waals surface area (Å²) in [6, 6.07) is 0. The lowest BCUT2D eigenvalue weighted by Crippen LogP contribution is -2.25. The van der Waals surface area contributed by atoms with Crippen LogP contribution in [0.5, 0.6) is 0 Å². The molecule has 1 aromatic heterocycles. The summed E-state index contributed by atoms with van der Waals surface area (Å²) >= 11 is 1.24. The van der Waals surface area contributed by atoms with Crippen molar-refractivity contribution in [3.8, 4) is 0 Å². The molecule has 0 saturated carbocycles. The van der Waals surface area contributed by atoms with Gasteiger partial charge >= 0.3 is 6.18 Å². The number of hydrogen-bond acceptors (Lipinski definition) is 7. The number of thiazole rings is 1. The highest BCUT2D eigenvalue weighted by atomic mass is 32.1. The number of unbranched alkanes of at least 4 members (excludes halogenated alkanes) is 2. The molecule has 13 heteroatoms. The minimum absolute atomic E-state index is 0.331. The summed E-state index contributed by atoms with van der Waals surface area (Å²) in [7, 11) is 1.59. The molecule has 27 heavy (non-hydrogen) atoms. The van der Waals surface area contributed by atoms with E-state index in [9.17, 15) is 23.3 Å². The number of alkyl halides is 3. The minimum atomic E-state index is -4.40. The quantitative estimate of drug-likeness (QED) is 0.145. The van der Waals surface area contributed by atoms with Crippen molar-refractivity contribution in [2.24, 2.45) is 10.7 Å². The van der Waals surface area contributed by atoms with Crippen LogP contribution in [0.3, 0.4) is 0 Å². The molecule has 9 nitrogen and oxygen atoms in total. The zero-order valence-electron chi connectivity index (χ0n) is 14.7. The Balaban J connectivity index is 2.26. The van der Waals surface area contributed by atoms with Gasteiger partial charge < -0.3 is 21.7 Å². The molecule has 0 aromatic carbocycles. The Hall–Kier alpha value is -2.57. The largest absolute Gasteiger partial charge is 0.408 e. The lowest BCUT2D eigenvalue weighted by Gasteiger charge is -2.07. The molecule has 0 fully saturated rings. The van der Waals surface area contributed by atoms with Gasteiger partial charge in [-0.2, -0.15) is 13.2 Å². The molecule has 0 saturated heterocycles. The summed E-state index contributed by atoms with van der Waals surface area (Å²) in [6.45, 7) is -0.749. The third kappa shape index (κ3) is 10.9. The zero-order chi connectivity index (χ0) is 20.3. The van der Waals surface area contributed by atoms with Gasteiger partial charge in [0.15, 0.2) is 16.9 Å². The van der Waals surface area contributed by atoms with Crippen LogP contribution in [0.2, 0.25) is 0 Å². The van der Waals surface area contributed by atoms with Gasteiger partial charge in [0, 0.05) is 19.0 Å². The number of aryl methyl sites for hydroxylation is 1. The van der Waals surface area contributed by atoms with Gasteiger partial charge in [-0.1, -0.05) is 6.42 Å². The van der Waals surface area contributed by atoms with Gasteiger partial charge in [0.25, 0.3) is 6.20 Å². The molecule has 1 heterocycles. The maximum atomic E-state index is 12.1. The number of rotatable bonds is 11. The molecule has 0 unspecified atom stereocenters. The second-order valence-corrected chi connectivity index (χ2v) is 6.26. The van der Waals surface area contributed by atoms with Crippen molar-refractivity contribution in [1.82, 2.24) is 15.6 Å². The average molecular weight is 409 g/mol. The van der Waals surface area contributed by atoms with E-state index < -0.39 is 17.6 Å². The SMILES string of the molecule is CNC(=C[N+](=O)[O-])NCCCCCc1csc(NC(N)=NCC(F)(F)F)n1. The Morgan fingerprint density at radius 1 is 1.44 bits per heavy atom. The Morgan fingerprint density at radius 2 is 2.19 bits per heavy atom. The molecule has 152 valence electrons. The highest BCUT2D eigenvalue weighted by Crippen LogP contribution is 2.18. The predicted molar refractivity (Wildman–Crippen MR) is 98.0 cm³/mol. The first-order valence-electron chi connectivity index (χ1n) is 8.04. The van der Waals surface area contributed by atoms with E-state index in [-0.39, 0.29) is 5.96 Å². The van der Waals surface area contributed by atoms with Crippen molar-refractivity contribution in [3.63, 3.8) is 0 Å². The summed E-state index contributed by atoms with van der Waals surface area (Å²) in [4.78, 5) is 17.3. The lowest BCUT2D eigenvalue weighted by molar-refractivity contribution is -0.404. The Kier molecular flexibility index (Phi) is 9.33. The van der Waals surface area contributed by atoms with Gasteiger partial charge in [-0.05, 0) is 19.3 Å². The van der Waals surface area contributed by atoms with Crippen LogP contribution >= 0.6 is 11.3 Å². The molecular formula is C14H22F3N7O2S. The van der Waals surface area contributed by atoms with Crippen molar-refractivity contribution in [1.29, 1.82) is 0 Å². The standard InChI is InChI=1S/C14H22F3N7O2S/c1-19-11(7-24(25)26)20-6-4-2-3-5-10-8-27-13(22-10)23-12(18)21-9-14(15,16)17/h7-8,19-20H,2-6,9H2,1H3,(H3,18,21,22,23). The maximum absolute atomic E-state index is 12.1. The van der Waals surface area contributed by atoms with Gasteiger partial charge in [0.2, 0.25) is 0 Å². The zero-order valence-corrected chi connectivity index (χ0v) is 15.5. The first-order chi connectivity index (χ1) is 12.7. The molecule has 0 aliphatic carbocycles. The number of halogens is 3. The fourth-order valence-electron chi connectivity index (χ4n) is 1.94. The second-order valence-electron chi connectivity index (χ2n) is 5.40. The van der Waals surface area contributed by atoms with E-state index in [0.717, 1.165) is 31.2 Å². The topological polar surface area (TPSA) is 130 Å². The van der Waals surface area contributed by atoms with Crippen LogP contribution < -0.4 is 21.7 Å². The van der Waals surface area contributed by atoms with E-state index in [1.807, 2.05) is 0 Å². The van der Waals surface area contributed by atoms with Crippen LogP contribution in [0, 0.1) is 10.1 Å². The number of nitrogens with two attached hydrogens (primary N) is 1. The molecule has 1 aromatic rings. The highest BCUT2D eigenvalue weighted by molar-refractivity contribution is 7.13. The van der Waals surface area contributed by atoms with Crippen LogP contribution in [-0.4, -0.2) is 42.2 Å². The predicted octanol–water partition coefficient (Wildman–Crippen LogP) is 2.03. The number of nitro groups is 1. The third-order valence-electron chi connectivity index (χ3n) is 3.14. The van der Waals surface area contributed by atoms with Crippen molar-refractivity contribution in [2.75, 3.05) is 25.5 Å². The van der Waals surface area contributed by atoms with Gasteiger partial charge in [0.05, 0.1) is 10.6 Å². The lowest BCUT2D eigenvalue weighted by atomic mass is 10.1. The summed E-state index contributed by atoms with van der Waals surface area (Å²) in [5.74, 6) is 0.0161. The molecule has 0 spiro atoms. The molecule has 0 amide bonds. The van der Waals surface area contributed by atoms with E-state index in [2.05, 4.69) is 25.9 Å². The molecular weight excluding hydrogens is 387 g/mol. The Bertz CT molecular complexity index is 661. The number of aliphatic imine (C=N–C) groups is 1. The van der Waals surface area contributed by atoms with Crippen LogP contribution in [0.4, 0.5) is 18.3 Å². The molecule has 0 aliphatic heterocycles. The maximum Gasteiger partial charge on any atom is 0.408 e. The van der Waals surface area contributed by atoms with Crippen LogP contribution in [-0.2, 0) is 6.42 Å². The normalized spacial score (nSPS) is 12.7. The van der Waals surface area contributed by atoms with Gasteiger partial charge in [-0.15, -0.1) is 11.3 Å².